The van der Waals surface area contributed by atoms with Crippen molar-refractivity contribution in [3.8, 4) is 0 Å². The number of aromatic nitrogens is 4. The van der Waals surface area contributed by atoms with Crippen LogP contribution in [0.5, 0.6) is 0 Å². The van der Waals surface area contributed by atoms with Crippen molar-refractivity contribution >= 4 is 5.91 Å². The van der Waals surface area contributed by atoms with Gasteiger partial charge in [-0.2, -0.15) is 10.2 Å². The molecule has 1 amide bonds. The molecule has 1 N–H and O–H groups in total. The number of nitrogens with zero attached hydrogens (tertiary/aromatic N) is 6. The van der Waals surface area contributed by atoms with Crippen molar-refractivity contribution in [1.29, 1.82) is 0 Å². The summed E-state index contributed by atoms with van der Waals surface area (Å²) in [6.45, 7) is 6.15. The molecular weight excluding hydrogens is 358 g/mol. The lowest BCUT2D eigenvalue weighted by Gasteiger charge is -2.42. The molecule has 9 heteroatoms. The van der Waals surface area contributed by atoms with Crippen molar-refractivity contribution in [3.05, 3.63) is 35.9 Å². The molecule has 0 radical (unpaired) electrons. The van der Waals surface area contributed by atoms with Gasteiger partial charge < -0.3 is 14.5 Å². The maximum absolute atomic E-state index is 13.1. The summed E-state index contributed by atoms with van der Waals surface area (Å²) in [7, 11) is 4.07. The Morgan fingerprint density at radius 2 is 2.14 bits per heavy atom. The summed E-state index contributed by atoms with van der Waals surface area (Å²) in [6, 6.07) is 1.55. The highest BCUT2D eigenvalue weighted by Gasteiger charge is 2.38. The van der Waals surface area contributed by atoms with Crippen molar-refractivity contribution in [1.82, 2.24) is 34.7 Å². The van der Waals surface area contributed by atoms with Crippen molar-refractivity contribution in [2.45, 2.75) is 18.6 Å². The van der Waals surface area contributed by atoms with E-state index in [0.29, 0.717) is 18.8 Å². The van der Waals surface area contributed by atoms with Crippen LogP contribution in [-0.2, 0) is 11.8 Å². The monoisotopic (exact) mass is 387 g/mol. The molecule has 2 aliphatic heterocycles. The van der Waals surface area contributed by atoms with Gasteiger partial charge in [0.15, 0.2) is 0 Å². The van der Waals surface area contributed by atoms with Gasteiger partial charge in [0.1, 0.15) is 5.69 Å². The number of ether oxygens (including phenoxy) is 1. The van der Waals surface area contributed by atoms with Crippen LogP contribution in [0.2, 0.25) is 0 Å². The zero-order chi connectivity index (χ0) is 19.5. The Balaban J connectivity index is 1.57. The molecule has 2 fully saturated rings. The number of likely N-dealkylation sites (N-methyl/N-ethyl adjacent to an activating group) is 1. The van der Waals surface area contributed by atoms with Crippen LogP contribution < -0.4 is 0 Å². The Hall–Kier alpha value is -2.23. The fourth-order valence-corrected chi connectivity index (χ4v) is 4.17. The molecule has 4 heterocycles. The predicted molar refractivity (Wildman–Crippen MR) is 104 cm³/mol. The average molecular weight is 387 g/mol. The van der Waals surface area contributed by atoms with E-state index in [1.807, 2.05) is 24.3 Å². The van der Waals surface area contributed by atoms with Gasteiger partial charge in [0.05, 0.1) is 24.9 Å². The summed E-state index contributed by atoms with van der Waals surface area (Å²) in [5.74, 6) is -0.0461. The summed E-state index contributed by atoms with van der Waals surface area (Å²) >= 11 is 0. The molecule has 2 atom stereocenters. The number of amides is 1. The van der Waals surface area contributed by atoms with E-state index < -0.39 is 0 Å². The van der Waals surface area contributed by atoms with E-state index in [2.05, 4.69) is 32.1 Å². The minimum absolute atomic E-state index is 0.0461. The molecule has 0 bridgehead atoms. The van der Waals surface area contributed by atoms with Crippen LogP contribution >= 0.6 is 0 Å². The first-order valence-electron chi connectivity index (χ1n) is 9.93. The van der Waals surface area contributed by atoms with Crippen LogP contribution in [0.25, 0.3) is 0 Å². The first-order chi connectivity index (χ1) is 13.6. The molecule has 2 aromatic heterocycles. The standard InChI is InChI=1S/C19H29N7O2/c1-23-6-3-7-25(9-8-23)14-17-18(15-12-21-24(2)13-15)26(10-11-28-17)19(27)16-4-5-20-22-16/h4-5,12-13,17-18H,3,6-11,14H2,1-2H3,(H,20,22)/t17-,18-/m0/s1. The number of aromatic amines is 1. The van der Waals surface area contributed by atoms with Gasteiger partial charge in [-0.25, -0.2) is 0 Å². The van der Waals surface area contributed by atoms with Crippen LogP contribution in [0.15, 0.2) is 24.7 Å². The largest absolute Gasteiger partial charge is 0.373 e. The van der Waals surface area contributed by atoms with Crippen LogP contribution in [0.1, 0.15) is 28.5 Å². The van der Waals surface area contributed by atoms with E-state index >= 15 is 0 Å². The van der Waals surface area contributed by atoms with Crippen molar-refractivity contribution in [3.63, 3.8) is 0 Å². The SMILES string of the molecule is CN1CCCN(C[C@@H]2OCCN(C(=O)c3ccn[nH]3)[C@H]2c2cnn(C)c2)CC1. The van der Waals surface area contributed by atoms with Gasteiger partial charge in [0, 0.05) is 51.2 Å². The summed E-state index contributed by atoms with van der Waals surface area (Å²) in [4.78, 5) is 19.9. The van der Waals surface area contributed by atoms with Crippen LogP contribution in [-0.4, -0.2) is 99.6 Å². The molecule has 9 nitrogen and oxygen atoms in total. The summed E-state index contributed by atoms with van der Waals surface area (Å²) in [5.41, 5.74) is 1.51. The molecule has 0 spiro atoms. The van der Waals surface area contributed by atoms with E-state index in [9.17, 15) is 4.79 Å². The highest BCUT2D eigenvalue weighted by atomic mass is 16.5. The lowest BCUT2D eigenvalue weighted by atomic mass is 9.99. The molecular formula is C19H29N7O2. The van der Waals surface area contributed by atoms with Gasteiger partial charge in [0.25, 0.3) is 5.91 Å². The van der Waals surface area contributed by atoms with Crippen LogP contribution in [0.4, 0.5) is 0 Å². The Labute approximate surface area is 165 Å². The summed E-state index contributed by atoms with van der Waals surface area (Å²) in [5, 5.41) is 11.1. The third-order valence-electron chi connectivity index (χ3n) is 5.66. The van der Waals surface area contributed by atoms with Gasteiger partial charge in [-0.05, 0) is 32.6 Å². The minimum atomic E-state index is -0.167. The Kier molecular flexibility index (Phi) is 5.74. The van der Waals surface area contributed by atoms with Crippen LogP contribution in [0.3, 0.4) is 0 Å². The summed E-state index contributed by atoms with van der Waals surface area (Å²) in [6.07, 6.45) is 6.49. The zero-order valence-electron chi connectivity index (χ0n) is 16.6. The number of nitrogens with one attached hydrogen (secondary N) is 1. The molecule has 28 heavy (non-hydrogen) atoms. The second kappa shape index (κ2) is 8.42. The van der Waals surface area contributed by atoms with Gasteiger partial charge in [-0.15, -0.1) is 0 Å². The third kappa shape index (κ3) is 4.11. The Morgan fingerprint density at radius 3 is 2.89 bits per heavy atom. The number of hydrogen-bond acceptors (Lipinski definition) is 6. The lowest BCUT2D eigenvalue weighted by Crippen LogP contribution is -2.52. The fourth-order valence-electron chi connectivity index (χ4n) is 4.17. The molecule has 152 valence electrons. The summed E-state index contributed by atoms with van der Waals surface area (Å²) < 4.78 is 7.99. The molecule has 2 saturated heterocycles. The Morgan fingerprint density at radius 1 is 1.25 bits per heavy atom. The third-order valence-corrected chi connectivity index (χ3v) is 5.66. The molecule has 4 rings (SSSR count). The number of carbonyl (C=O) groups excluding carboxylic acids is 1. The Bertz CT molecular complexity index is 775. The van der Waals surface area contributed by atoms with E-state index in [-0.39, 0.29) is 18.1 Å². The molecule has 2 aromatic rings. The quantitative estimate of drug-likeness (QED) is 0.816. The second-order valence-electron chi connectivity index (χ2n) is 7.73. The predicted octanol–water partition coefficient (Wildman–Crippen LogP) is 0.363. The van der Waals surface area contributed by atoms with Crippen molar-refractivity contribution in [2.24, 2.45) is 7.05 Å². The number of H-pyrrole nitrogens is 1. The van der Waals surface area contributed by atoms with Crippen molar-refractivity contribution < 1.29 is 9.53 Å². The van der Waals surface area contributed by atoms with Crippen LogP contribution in [0, 0.1) is 0 Å². The number of aryl methyl sites for hydroxylation is 1. The zero-order valence-corrected chi connectivity index (χ0v) is 16.6. The molecule has 0 aliphatic carbocycles. The average Bonchev–Trinajstić information content (AvgIpc) is 3.33. The lowest BCUT2D eigenvalue weighted by molar-refractivity contribution is -0.0725. The van der Waals surface area contributed by atoms with Gasteiger partial charge in [-0.3, -0.25) is 19.5 Å². The molecule has 0 saturated carbocycles. The minimum Gasteiger partial charge on any atom is -0.373 e. The van der Waals surface area contributed by atoms with E-state index in [4.69, 9.17) is 4.74 Å². The highest BCUT2D eigenvalue weighted by Crippen LogP contribution is 2.31. The van der Waals surface area contributed by atoms with Gasteiger partial charge in [0.2, 0.25) is 0 Å². The first kappa shape index (κ1) is 19.1. The maximum Gasteiger partial charge on any atom is 0.272 e. The van der Waals surface area contributed by atoms with E-state index in [1.165, 1.54) is 0 Å². The first-order valence-corrected chi connectivity index (χ1v) is 9.93. The normalized spacial score (nSPS) is 25.0. The van der Waals surface area contributed by atoms with E-state index in [0.717, 1.165) is 44.7 Å². The molecule has 0 aromatic carbocycles. The number of carbonyl (C=O) groups is 1. The highest BCUT2D eigenvalue weighted by molar-refractivity contribution is 5.92. The molecule has 0 unspecified atom stereocenters. The topological polar surface area (TPSA) is 82.5 Å². The van der Waals surface area contributed by atoms with Crippen molar-refractivity contribution in [2.75, 3.05) is 52.9 Å². The van der Waals surface area contributed by atoms with E-state index in [1.54, 1.807) is 16.9 Å². The fraction of sp³-hybridized carbons (Fsp3) is 0.632. The number of hydrogen-bond donors (Lipinski definition) is 1. The number of morpholine rings is 1. The second-order valence-corrected chi connectivity index (χ2v) is 7.73. The maximum atomic E-state index is 13.1. The smallest absolute Gasteiger partial charge is 0.272 e. The molecule has 2 aliphatic rings. The van der Waals surface area contributed by atoms with Gasteiger partial charge in [-0.1, -0.05) is 0 Å². The van der Waals surface area contributed by atoms with Gasteiger partial charge >= 0.3 is 0 Å². The number of rotatable bonds is 4.